The molecule has 1 aromatic heterocycles. The molecule has 1 heterocycles. The number of benzene rings is 2. The minimum atomic E-state index is -0.269. The van der Waals surface area contributed by atoms with Crippen molar-refractivity contribution in [2.24, 2.45) is 23.2 Å². The zero-order valence-electron chi connectivity index (χ0n) is 19.6. The summed E-state index contributed by atoms with van der Waals surface area (Å²) < 4.78 is 14.6. The summed E-state index contributed by atoms with van der Waals surface area (Å²) >= 11 is 2.26. The molecule has 0 radical (unpaired) electrons. The Labute approximate surface area is 219 Å². The number of rotatable bonds is 6. The summed E-state index contributed by atoms with van der Waals surface area (Å²) in [4.78, 5) is 22.7. The first-order valence-electron chi connectivity index (χ1n) is 12.6. The predicted octanol–water partition coefficient (Wildman–Crippen LogP) is 6.83. The molecule has 0 aliphatic heterocycles. The van der Waals surface area contributed by atoms with Crippen LogP contribution in [0.3, 0.4) is 0 Å². The Hall–Kier alpha value is -2.35. The van der Waals surface area contributed by atoms with E-state index in [1.165, 1.54) is 50.7 Å². The van der Waals surface area contributed by atoms with Crippen molar-refractivity contribution in [3.8, 4) is 11.3 Å². The maximum Gasteiger partial charge on any atom is 0.229 e. The standard InChI is InChI=1S/C29H29FIN3O/c30-23-5-3-22(4-6-23)26-17-32-28(34-27(35)12-18-1-7-24(31)8-2-18)25(33-26)16-29-13-19-9-20(14-29)11-21(10-19)15-29/h1-8,17,19-21H,9-16H2,(H,32,34,35). The third-order valence-electron chi connectivity index (χ3n) is 8.23. The molecular weight excluding hydrogens is 552 g/mol. The van der Waals surface area contributed by atoms with Crippen molar-refractivity contribution >= 4 is 34.3 Å². The van der Waals surface area contributed by atoms with Crippen molar-refractivity contribution in [3.05, 3.63) is 75.4 Å². The molecule has 7 rings (SSSR count). The fourth-order valence-electron chi connectivity index (χ4n) is 7.24. The van der Waals surface area contributed by atoms with Gasteiger partial charge in [0.1, 0.15) is 5.82 Å². The van der Waals surface area contributed by atoms with E-state index >= 15 is 0 Å². The van der Waals surface area contributed by atoms with Gasteiger partial charge in [-0.25, -0.2) is 14.4 Å². The van der Waals surface area contributed by atoms with Gasteiger partial charge in [0.15, 0.2) is 5.82 Å². The van der Waals surface area contributed by atoms with Crippen molar-refractivity contribution in [1.82, 2.24) is 9.97 Å². The molecule has 0 atom stereocenters. The molecule has 4 saturated carbocycles. The van der Waals surface area contributed by atoms with Gasteiger partial charge in [-0.05, 0) is 133 Å². The van der Waals surface area contributed by atoms with E-state index in [4.69, 9.17) is 4.98 Å². The number of amides is 1. The van der Waals surface area contributed by atoms with Crippen molar-refractivity contribution in [1.29, 1.82) is 0 Å². The third-order valence-corrected chi connectivity index (χ3v) is 8.95. The maximum absolute atomic E-state index is 13.5. The van der Waals surface area contributed by atoms with Gasteiger partial charge in [0, 0.05) is 9.13 Å². The second-order valence-electron chi connectivity index (χ2n) is 11.0. The van der Waals surface area contributed by atoms with E-state index in [1.807, 2.05) is 24.3 Å². The smallest absolute Gasteiger partial charge is 0.229 e. The van der Waals surface area contributed by atoms with Gasteiger partial charge in [0.2, 0.25) is 5.91 Å². The molecule has 6 heteroatoms. The third kappa shape index (κ3) is 4.99. The van der Waals surface area contributed by atoms with Crippen LogP contribution in [0.2, 0.25) is 0 Å². The number of carbonyl (C=O) groups is 1. The summed E-state index contributed by atoms with van der Waals surface area (Å²) in [5.74, 6) is 2.74. The van der Waals surface area contributed by atoms with Crippen LogP contribution in [-0.2, 0) is 17.6 Å². The van der Waals surface area contributed by atoms with Crippen molar-refractivity contribution in [2.45, 2.75) is 51.4 Å². The highest BCUT2D eigenvalue weighted by Crippen LogP contribution is 2.61. The van der Waals surface area contributed by atoms with Gasteiger partial charge in [0.25, 0.3) is 0 Å². The molecule has 0 unspecified atom stereocenters. The Balaban J connectivity index is 1.29. The average molecular weight is 581 g/mol. The van der Waals surface area contributed by atoms with Gasteiger partial charge >= 0.3 is 0 Å². The molecular formula is C29H29FIN3O. The Kier molecular flexibility index (Phi) is 6.11. The summed E-state index contributed by atoms with van der Waals surface area (Å²) in [5.41, 5.74) is 3.66. The van der Waals surface area contributed by atoms with Gasteiger partial charge in [-0.2, -0.15) is 0 Å². The first kappa shape index (κ1) is 23.1. The molecule has 0 saturated heterocycles. The SMILES string of the molecule is O=C(Cc1ccc(I)cc1)Nc1ncc(-c2ccc(F)cc2)nc1CC12CC3CC(CC(C3)C1)C2. The molecule has 2 aromatic carbocycles. The number of anilines is 1. The molecule has 3 aromatic rings. The van der Waals surface area contributed by atoms with Crippen LogP contribution in [-0.4, -0.2) is 15.9 Å². The number of nitrogens with one attached hydrogen (secondary N) is 1. The maximum atomic E-state index is 13.5. The minimum absolute atomic E-state index is 0.0817. The summed E-state index contributed by atoms with van der Waals surface area (Å²) in [6.45, 7) is 0. The minimum Gasteiger partial charge on any atom is -0.309 e. The highest BCUT2D eigenvalue weighted by molar-refractivity contribution is 14.1. The Morgan fingerprint density at radius 1 is 0.971 bits per heavy atom. The molecule has 1 amide bonds. The van der Waals surface area contributed by atoms with E-state index in [0.29, 0.717) is 12.2 Å². The van der Waals surface area contributed by atoms with Crippen molar-refractivity contribution < 1.29 is 9.18 Å². The van der Waals surface area contributed by atoms with Crippen LogP contribution in [0.5, 0.6) is 0 Å². The molecule has 4 fully saturated rings. The van der Waals surface area contributed by atoms with Crippen molar-refractivity contribution in [2.75, 3.05) is 5.32 Å². The van der Waals surface area contributed by atoms with Crippen LogP contribution in [0, 0.1) is 32.6 Å². The molecule has 4 nitrogen and oxygen atoms in total. The average Bonchev–Trinajstić information content (AvgIpc) is 2.81. The fraction of sp³-hybridized carbons (Fsp3) is 0.414. The largest absolute Gasteiger partial charge is 0.309 e. The molecule has 1 N–H and O–H groups in total. The zero-order valence-corrected chi connectivity index (χ0v) is 21.8. The molecule has 4 bridgehead atoms. The van der Waals surface area contributed by atoms with Crippen LogP contribution >= 0.6 is 22.6 Å². The highest BCUT2D eigenvalue weighted by Gasteiger charge is 2.51. The summed E-state index contributed by atoms with van der Waals surface area (Å²) in [7, 11) is 0. The zero-order chi connectivity index (χ0) is 24.0. The van der Waals surface area contributed by atoms with Gasteiger partial charge < -0.3 is 5.32 Å². The normalized spacial score (nSPS) is 26.6. The Morgan fingerprint density at radius 2 is 1.60 bits per heavy atom. The van der Waals surface area contributed by atoms with Gasteiger partial charge in [-0.1, -0.05) is 12.1 Å². The first-order chi connectivity index (χ1) is 16.9. The van der Waals surface area contributed by atoms with Gasteiger partial charge in [-0.3, -0.25) is 4.79 Å². The van der Waals surface area contributed by atoms with Crippen molar-refractivity contribution in [3.63, 3.8) is 0 Å². The van der Waals surface area contributed by atoms with E-state index in [9.17, 15) is 9.18 Å². The highest BCUT2D eigenvalue weighted by atomic mass is 127. The van der Waals surface area contributed by atoms with Gasteiger partial charge in [-0.15, -0.1) is 0 Å². The topological polar surface area (TPSA) is 54.9 Å². The van der Waals surface area contributed by atoms with E-state index < -0.39 is 0 Å². The van der Waals surface area contributed by atoms with Crippen LogP contribution in [0.25, 0.3) is 11.3 Å². The lowest BCUT2D eigenvalue weighted by Gasteiger charge is -2.57. The quantitative estimate of drug-likeness (QED) is 0.325. The summed E-state index contributed by atoms with van der Waals surface area (Å²) in [5, 5.41) is 3.07. The number of halogens is 2. The molecule has 35 heavy (non-hydrogen) atoms. The lowest BCUT2D eigenvalue weighted by molar-refractivity contribution is -0.115. The monoisotopic (exact) mass is 581 g/mol. The van der Waals surface area contributed by atoms with E-state index in [2.05, 4.69) is 32.9 Å². The van der Waals surface area contributed by atoms with Crippen LogP contribution in [0.1, 0.15) is 49.8 Å². The summed E-state index contributed by atoms with van der Waals surface area (Å²) in [6.07, 6.45) is 10.8. The molecule has 0 spiro atoms. The van der Waals surface area contributed by atoms with Crippen LogP contribution in [0.15, 0.2) is 54.7 Å². The van der Waals surface area contributed by atoms with Crippen LogP contribution in [0.4, 0.5) is 10.2 Å². The lowest BCUT2D eigenvalue weighted by atomic mass is 9.48. The molecule has 4 aliphatic rings. The van der Waals surface area contributed by atoms with Crippen LogP contribution < -0.4 is 5.32 Å². The van der Waals surface area contributed by atoms with E-state index in [0.717, 1.165) is 50.3 Å². The number of nitrogens with zero attached hydrogens (tertiary/aromatic N) is 2. The number of hydrogen-bond acceptors (Lipinski definition) is 3. The second-order valence-corrected chi connectivity index (χ2v) is 12.2. The fourth-order valence-corrected chi connectivity index (χ4v) is 7.60. The number of aromatic nitrogens is 2. The van der Waals surface area contributed by atoms with E-state index in [1.54, 1.807) is 18.3 Å². The molecule has 4 aliphatic carbocycles. The predicted molar refractivity (Wildman–Crippen MR) is 143 cm³/mol. The second kappa shape index (κ2) is 9.26. The lowest BCUT2D eigenvalue weighted by Crippen LogP contribution is -2.47. The van der Waals surface area contributed by atoms with E-state index in [-0.39, 0.29) is 17.1 Å². The Morgan fingerprint density at radius 3 is 2.23 bits per heavy atom. The van der Waals surface area contributed by atoms with Gasteiger partial charge in [0.05, 0.1) is 24.0 Å². The Bertz CT molecular complexity index is 1210. The molecule has 180 valence electrons. The number of carbonyl (C=O) groups excluding carboxylic acids is 1. The number of hydrogen-bond donors (Lipinski definition) is 1. The summed E-state index contributed by atoms with van der Waals surface area (Å²) in [6, 6.07) is 14.4. The first-order valence-corrected chi connectivity index (χ1v) is 13.7.